The minimum atomic E-state index is 0. The maximum absolute atomic E-state index is 5.56. The van der Waals surface area contributed by atoms with E-state index in [-0.39, 0.29) is 18.9 Å². The third-order valence-corrected chi connectivity index (χ3v) is 2.22. The molecule has 0 amide bonds. The predicted molar refractivity (Wildman–Crippen MR) is 69.5 cm³/mol. The van der Waals surface area contributed by atoms with Gasteiger partial charge in [-0.05, 0) is 19.1 Å². The van der Waals surface area contributed by atoms with E-state index in [0.29, 0.717) is 12.5 Å². The molecule has 0 unspecified atom stereocenters. The van der Waals surface area contributed by atoms with Gasteiger partial charge in [0, 0.05) is 0 Å². The number of ether oxygens (including phenoxy) is 1. The molecule has 0 spiro atoms. The van der Waals surface area contributed by atoms with Gasteiger partial charge in [0.2, 0.25) is 0 Å². The van der Waals surface area contributed by atoms with E-state index < -0.39 is 0 Å². The zero-order valence-corrected chi connectivity index (χ0v) is 10.8. The van der Waals surface area contributed by atoms with E-state index in [4.69, 9.17) is 4.74 Å². The van der Waals surface area contributed by atoms with Crippen molar-refractivity contribution in [2.24, 2.45) is 4.99 Å². The average molecular weight is 231 g/mol. The standard InChI is InChI=1S/C15H14NO.Li/c1-2-17-15(13-9-5-3-6-10-13)16-14-11-7-4-8-12-14;/h3-5,7-12H,2H2,1H3;/q-1;+1. The Bertz CT molecular complexity index is 482. The molecule has 0 N–H and O–H groups in total. The van der Waals surface area contributed by atoms with Crippen LogP contribution in [0.15, 0.2) is 59.6 Å². The minimum Gasteiger partial charge on any atom is -0.487 e. The zero-order valence-electron chi connectivity index (χ0n) is 10.8. The quantitative estimate of drug-likeness (QED) is 0.328. The largest absolute Gasteiger partial charge is 1.00 e. The summed E-state index contributed by atoms with van der Waals surface area (Å²) in [5.74, 6) is 0.635. The molecule has 0 radical (unpaired) electrons. The van der Waals surface area contributed by atoms with Crippen molar-refractivity contribution in [2.45, 2.75) is 6.92 Å². The number of hydrogen-bond donors (Lipinski definition) is 0. The third kappa shape index (κ3) is 4.07. The monoisotopic (exact) mass is 231 g/mol. The first-order chi connectivity index (χ1) is 8.40. The fraction of sp³-hybridized carbons (Fsp3) is 0.133. The zero-order chi connectivity index (χ0) is 11.9. The first-order valence-electron chi connectivity index (χ1n) is 5.63. The van der Waals surface area contributed by atoms with E-state index in [1.807, 2.05) is 61.5 Å². The fourth-order valence-corrected chi connectivity index (χ4v) is 1.46. The Morgan fingerprint density at radius 3 is 2.56 bits per heavy atom. The number of hydrogen-bond acceptors (Lipinski definition) is 2. The number of rotatable bonds is 3. The Balaban J connectivity index is 0.00000162. The topological polar surface area (TPSA) is 21.6 Å². The Morgan fingerprint density at radius 2 is 1.94 bits per heavy atom. The number of para-hydroxylation sites is 1. The van der Waals surface area contributed by atoms with Crippen LogP contribution in [-0.2, 0) is 4.74 Å². The Labute approximate surface area is 120 Å². The van der Waals surface area contributed by atoms with Gasteiger partial charge in [0.15, 0.2) is 5.90 Å². The van der Waals surface area contributed by atoms with Crippen molar-refractivity contribution in [3.8, 4) is 0 Å². The molecule has 2 rings (SSSR count). The molecule has 0 aliphatic carbocycles. The third-order valence-electron chi connectivity index (χ3n) is 2.22. The van der Waals surface area contributed by atoms with Crippen LogP contribution in [0.2, 0.25) is 0 Å². The van der Waals surface area contributed by atoms with Crippen LogP contribution in [0.5, 0.6) is 0 Å². The van der Waals surface area contributed by atoms with Crippen molar-refractivity contribution < 1.29 is 23.6 Å². The molecule has 0 atom stereocenters. The number of nitrogens with zero attached hydrogens (tertiary/aromatic N) is 1. The summed E-state index contributed by atoms with van der Waals surface area (Å²) in [6.07, 6.45) is 0. The number of benzene rings is 2. The van der Waals surface area contributed by atoms with Gasteiger partial charge < -0.3 is 4.74 Å². The van der Waals surface area contributed by atoms with Gasteiger partial charge in [0.25, 0.3) is 0 Å². The summed E-state index contributed by atoms with van der Waals surface area (Å²) in [5.41, 5.74) is 1.83. The van der Waals surface area contributed by atoms with Gasteiger partial charge in [0.1, 0.15) is 0 Å². The van der Waals surface area contributed by atoms with Crippen molar-refractivity contribution >= 4 is 11.6 Å². The van der Waals surface area contributed by atoms with Crippen molar-refractivity contribution in [2.75, 3.05) is 6.61 Å². The van der Waals surface area contributed by atoms with Crippen molar-refractivity contribution in [1.82, 2.24) is 0 Å². The molecule has 86 valence electrons. The molecule has 0 aliphatic rings. The SMILES string of the molecule is CCOC(=Nc1ccccc1)c1c[c-]ccc1.[Li+]. The summed E-state index contributed by atoms with van der Waals surface area (Å²) in [6, 6.07) is 20.4. The van der Waals surface area contributed by atoms with Crippen LogP contribution in [0.25, 0.3) is 0 Å². The maximum atomic E-state index is 5.56. The molecule has 0 aromatic heterocycles. The average Bonchev–Trinajstić information content (AvgIpc) is 2.40. The first kappa shape index (κ1) is 14.6. The second kappa shape index (κ2) is 7.76. The van der Waals surface area contributed by atoms with Gasteiger partial charge in [-0.1, -0.05) is 23.8 Å². The summed E-state index contributed by atoms with van der Waals surface area (Å²) in [6.45, 7) is 2.55. The molecule has 2 aromatic carbocycles. The van der Waals surface area contributed by atoms with Crippen LogP contribution in [0, 0.1) is 6.07 Å². The summed E-state index contributed by atoms with van der Waals surface area (Å²) in [7, 11) is 0. The van der Waals surface area contributed by atoms with Crippen LogP contribution < -0.4 is 18.9 Å². The van der Waals surface area contributed by atoms with Crippen molar-refractivity contribution in [3.05, 3.63) is 66.2 Å². The van der Waals surface area contributed by atoms with E-state index in [1.54, 1.807) is 0 Å². The number of aliphatic imine (C=N–C) groups is 1. The van der Waals surface area contributed by atoms with E-state index in [0.717, 1.165) is 11.3 Å². The predicted octanol–water partition coefficient (Wildman–Crippen LogP) is 0.606. The molecule has 2 nitrogen and oxygen atoms in total. The molecule has 0 heterocycles. The molecule has 0 aliphatic heterocycles. The van der Waals surface area contributed by atoms with Gasteiger partial charge in [-0.2, -0.15) is 30.3 Å². The van der Waals surface area contributed by atoms with Crippen LogP contribution in [0.1, 0.15) is 12.5 Å². The Hall–Kier alpha value is -1.49. The summed E-state index contributed by atoms with van der Waals surface area (Å²) >= 11 is 0. The van der Waals surface area contributed by atoms with Gasteiger partial charge in [-0.3, -0.25) is 0 Å². The molecule has 18 heavy (non-hydrogen) atoms. The molecule has 0 saturated heterocycles. The van der Waals surface area contributed by atoms with Gasteiger partial charge in [-0.25, -0.2) is 4.99 Å². The summed E-state index contributed by atoms with van der Waals surface area (Å²) in [5, 5.41) is 0. The molecule has 0 fully saturated rings. The van der Waals surface area contributed by atoms with Crippen LogP contribution >= 0.6 is 0 Å². The van der Waals surface area contributed by atoms with Crippen molar-refractivity contribution in [1.29, 1.82) is 0 Å². The van der Waals surface area contributed by atoms with Gasteiger partial charge >= 0.3 is 18.9 Å². The van der Waals surface area contributed by atoms with E-state index in [1.165, 1.54) is 0 Å². The summed E-state index contributed by atoms with van der Waals surface area (Å²) in [4.78, 5) is 4.49. The molecule has 0 saturated carbocycles. The molecule has 2 aromatic rings. The minimum absolute atomic E-state index is 0. The Morgan fingerprint density at radius 1 is 1.17 bits per heavy atom. The van der Waals surface area contributed by atoms with Crippen LogP contribution in [0.3, 0.4) is 0 Å². The van der Waals surface area contributed by atoms with Crippen molar-refractivity contribution in [3.63, 3.8) is 0 Å². The van der Waals surface area contributed by atoms with Gasteiger partial charge in [0.05, 0.1) is 12.3 Å². The molecular weight excluding hydrogens is 217 g/mol. The fourth-order valence-electron chi connectivity index (χ4n) is 1.46. The maximum Gasteiger partial charge on any atom is 1.00 e. The van der Waals surface area contributed by atoms with E-state index in [2.05, 4.69) is 11.1 Å². The molecule has 0 bridgehead atoms. The van der Waals surface area contributed by atoms with Crippen LogP contribution in [0.4, 0.5) is 5.69 Å². The summed E-state index contributed by atoms with van der Waals surface area (Å²) < 4.78 is 5.56. The van der Waals surface area contributed by atoms with Crippen LogP contribution in [-0.4, -0.2) is 12.5 Å². The molecule has 3 heteroatoms. The Kier molecular flexibility index (Phi) is 6.28. The van der Waals surface area contributed by atoms with Gasteiger partial charge in [-0.15, -0.1) is 0 Å². The second-order valence-electron chi connectivity index (χ2n) is 3.48. The van der Waals surface area contributed by atoms with E-state index in [9.17, 15) is 0 Å². The smallest absolute Gasteiger partial charge is 0.487 e. The molecular formula is C15H14LiNO. The first-order valence-corrected chi connectivity index (χ1v) is 5.63. The second-order valence-corrected chi connectivity index (χ2v) is 3.48. The normalized spacial score (nSPS) is 10.6. The van der Waals surface area contributed by atoms with E-state index >= 15 is 0 Å².